The van der Waals surface area contributed by atoms with Gasteiger partial charge < -0.3 is 11.1 Å². The van der Waals surface area contributed by atoms with Crippen molar-refractivity contribution in [3.8, 4) is 0 Å². The van der Waals surface area contributed by atoms with Gasteiger partial charge in [0.05, 0.1) is 0 Å². The summed E-state index contributed by atoms with van der Waals surface area (Å²) in [5.41, 5.74) is 6.44. The molecular formula is C10H15FN2. The number of hydrogen-bond donors (Lipinski definition) is 2. The SMILES string of the molecule is CCC(CN)Nc1ccc(F)cc1. The van der Waals surface area contributed by atoms with Crippen molar-refractivity contribution in [3.63, 3.8) is 0 Å². The van der Waals surface area contributed by atoms with Gasteiger partial charge in [-0.15, -0.1) is 0 Å². The molecule has 0 saturated heterocycles. The van der Waals surface area contributed by atoms with Gasteiger partial charge in [-0.25, -0.2) is 4.39 Å². The molecule has 0 saturated carbocycles. The van der Waals surface area contributed by atoms with E-state index in [0.29, 0.717) is 6.54 Å². The maximum absolute atomic E-state index is 12.5. The van der Waals surface area contributed by atoms with Gasteiger partial charge in [-0.1, -0.05) is 6.92 Å². The van der Waals surface area contributed by atoms with Crippen LogP contribution < -0.4 is 11.1 Å². The Bertz CT molecular complexity index is 242. The van der Waals surface area contributed by atoms with Crippen molar-refractivity contribution in [3.05, 3.63) is 30.1 Å². The number of anilines is 1. The average molecular weight is 182 g/mol. The molecule has 3 N–H and O–H groups in total. The fraction of sp³-hybridized carbons (Fsp3) is 0.400. The number of rotatable bonds is 4. The number of benzene rings is 1. The molecule has 0 aliphatic heterocycles. The Morgan fingerprint density at radius 2 is 2.00 bits per heavy atom. The van der Waals surface area contributed by atoms with E-state index in [-0.39, 0.29) is 11.9 Å². The molecule has 0 fully saturated rings. The van der Waals surface area contributed by atoms with Crippen LogP contribution in [0.15, 0.2) is 24.3 Å². The zero-order valence-corrected chi connectivity index (χ0v) is 7.76. The van der Waals surface area contributed by atoms with Crippen molar-refractivity contribution in [1.82, 2.24) is 0 Å². The highest BCUT2D eigenvalue weighted by Crippen LogP contribution is 2.10. The molecule has 1 rings (SSSR count). The minimum atomic E-state index is -0.216. The summed E-state index contributed by atoms with van der Waals surface area (Å²) in [5.74, 6) is -0.216. The van der Waals surface area contributed by atoms with Crippen molar-refractivity contribution in [2.45, 2.75) is 19.4 Å². The summed E-state index contributed by atoms with van der Waals surface area (Å²) in [7, 11) is 0. The fourth-order valence-electron chi connectivity index (χ4n) is 1.11. The Hall–Kier alpha value is -1.09. The second kappa shape index (κ2) is 4.82. The normalized spacial score (nSPS) is 12.5. The van der Waals surface area contributed by atoms with Crippen molar-refractivity contribution in [1.29, 1.82) is 0 Å². The zero-order valence-electron chi connectivity index (χ0n) is 7.76. The van der Waals surface area contributed by atoms with E-state index in [1.54, 1.807) is 12.1 Å². The first-order chi connectivity index (χ1) is 6.26. The third-order valence-electron chi connectivity index (χ3n) is 1.99. The first-order valence-electron chi connectivity index (χ1n) is 4.48. The van der Waals surface area contributed by atoms with Gasteiger partial charge in [-0.3, -0.25) is 0 Å². The second-order valence-electron chi connectivity index (χ2n) is 2.99. The number of nitrogens with two attached hydrogens (primary N) is 1. The molecule has 0 aliphatic rings. The van der Waals surface area contributed by atoms with Gasteiger partial charge in [0.15, 0.2) is 0 Å². The summed E-state index contributed by atoms with van der Waals surface area (Å²) in [6.07, 6.45) is 0.966. The summed E-state index contributed by atoms with van der Waals surface area (Å²) in [6, 6.07) is 6.57. The van der Waals surface area contributed by atoms with Crippen molar-refractivity contribution < 1.29 is 4.39 Å². The van der Waals surface area contributed by atoms with Gasteiger partial charge in [0, 0.05) is 18.3 Å². The Morgan fingerprint density at radius 3 is 2.46 bits per heavy atom. The fourth-order valence-corrected chi connectivity index (χ4v) is 1.11. The molecule has 1 aromatic carbocycles. The van der Waals surface area contributed by atoms with Crippen LogP contribution in [0.2, 0.25) is 0 Å². The van der Waals surface area contributed by atoms with Crippen LogP contribution in [0.3, 0.4) is 0 Å². The largest absolute Gasteiger partial charge is 0.381 e. The van der Waals surface area contributed by atoms with Crippen molar-refractivity contribution in [2.24, 2.45) is 5.73 Å². The quantitative estimate of drug-likeness (QED) is 0.747. The molecule has 0 spiro atoms. The Labute approximate surface area is 77.9 Å². The first-order valence-corrected chi connectivity index (χ1v) is 4.48. The third-order valence-corrected chi connectivity index (χ3v) is 1.99. The lowest BCUT2D eigenvalue weighted by Gasteiger charge is -2.15. The predicted octanol–water partition coefficient (Wildman–Crippen LogP) is 1.97. The molecule has 1 unspecified atom stereocenters. The van der Waals surface area contributed by atoms with E-state index in [0.717, 1.165) is 12.1 Å². The summed E-state index contributed by atoms with van der Waals surface area (Å²) < 4.78 is 12.5. The molecule has 72 valence electrons. The molecule has 1 atom stereocenters. The summed E-state index contributed by atoms with van der Waals surface area (Å²) in [6.45, 7) is 2.65. The van der Waals surface area contributed by atoms with Crippen LogP contribution >= 0.6 is 0 Å². The predicted molar refractivity (Wildman–Crippen MR) is 53.2 cm³/mol. The zero-order chi connectivity index (χ0) is 9.68. The summed E-state index contributed by atoms with van der Waals surface area (Å²) in [5, 5.41) is 3.21. The minimum Gasteiger partial charge on any atom is -0.381 e. The van der Waals surface area contributed by atoms with Crippen LogP contribution in [-0.4, -0.2) is 12.6 Å². The molecule has 0 amide bonds. The summed E-state index contributed by atoms with van der Waals surface area (Å²) in [4.78, 5) is 0. The van der Waals surface area contributed by atoms with Crippen LogP contribution in [0.25, 0.3) is 0 Å². The molecule has 13 heavy (non-hydrogen) atoms. The molecular weight excluding hydrogens is 167 g/mol. The molecule has 2 nitrogen and oxygen atoms in total. The van der Waals surface area contributed by atoms with E-state index in [1.165, 1.54) is 12.1 Å². The van der Waals surface area contributed by atoms with Gasteiger partial charge in [0.1, 0.15) is 5.82 Å². The van der Waals surface area contributed by atoms with E-state index in [2.05, 4.69) is 12.2 Å². The van der Waals surface area contributed by atoms with E-state index in [9.17, 15) is 4.39 Å². The van der Waals surface area contributed by atoms with Gasteiger partial charge in [0.2, 0.25) is 0 Å². The van der Waals surface area contributed by atoms with Crippen LogP contribution in [0.5, 0.6) is 0 Å². The number of hydrogen-bond acceptors (Lipinski definition) is 2. The van der Waals surface area contributed by atoms with E-state index < -0.39 is 0 Å². The highest BCUT2D eigenvalue weighted by Gasteiger charge is 2.02. The standard InChI is InChI=1S/C10H15FN2/c1-2-9(7-12)13-10-5-3-8(11)4-6-10/h3-6,9,13H,2,7,12H2,1H3. The Morgan fingerprint density at radius 1 is 1.38 bits per heavy atom. The average Bonchev–Trinajstić information content (AvgIpc) is 2.17. The third kappa shape index (κ3) is 3.03. The highest BCUT2D eigenvalue weighted by atomic mass is 19.1. The number of halogens is 1. The lowest BCUT2D eigenvalue weighted by molar-refractivity contribution is 0.627. The van der Waals surface area contributed by atoms with Crippen LogP contribution in [-0.2, 0) is 0 Å². The van der Waals surface area contributed by atoms with Gasteiger partial charge >= 0.3 is 0 Å². The van der Waals surface area contributed by atoms with Crippen LogP contribution in [0, 0.1) is 5.82 Å². The van der Waals surface area contributed by atoms with Crippen molar-refractivity contribution in [2.75, 3.05) is 11.9 Å². The molecule has 3 heteroatoms. The van der Waals surface area contributed by atoms with Crippen molar-refractivity contribution >= 4 is 5.69 Å². The topological polar surface area (TPSA) is 38.0 Å². The minimum absolute atomic E-state index is 0.216. The number of nitrogens with one attached hydrogen (secondary N) is 1. The van der Waals surface area contributed by atoms with Crippen LogP contribution in [0.1, 0.15) is 13.3 Å². The molecule has 1 aromatic rings. The highest BCUT2D eigenvalue weighted by molar-refractivity contribution is 5.43. The van der Waals surface area contributed by atoms with Crippen LogP contribution in [0.4, 0.5) is 10.1 Å². The monoisotopic (exact) mass is 182 g/mol. The van der Waals surface area contributed by atoms with Gasteiger partial charge in [-0.2, -0.15) is 0 Å². The van der Waals surface area contributed by atoms with Gasteiger partial charge in [0.25, 0.3) is 0 Å². The lowest BCUT2D eigenvalue weighted by atomic mass is 10.2. The smallest absolute Gasteiger partial charge is 0.123 e. The molecule has 0 bridgehead atoms. The van der Waals surface area contributed by atoms with E-state index >= 15 is 0 Å². The molecule has 0 aliphatic carbocycles. The molecule has 0 aromatic heterocycles. The van der Waals surface area contributed by atoms with E-state index in [1.807, 2.05) is 0 Å². The summed E-state index contributed by atoms with van der Waals surface area (Å²) >= 11 is 0. The molecule has 0 radical (unpaired) electrons. The maximum atomic E-state index is 12.5. The Balaban J connectivity index is 2.58. The van der Waals surface area contributed by atoms with E-state index in [4.69, 9.17) is 5.73 Å². The second-order valence-corrected chi connectivity index (χ2v) is 2.99. The maximum Gasteiger partial charge on any atom is 0.123 e. The first kappa shape index (κ1) is 9.99. The molecule has 0 heterocycles. The lowest BCUT2D eigenvalue weighted by Crippen LogP contribution is -2.27. The van der Waals surface area contributed by atoms with Gasteiger partial charge in [-0.05, 0) is 30.7 Å². The Kier molecular flexibility index (Phi) is 3.71.